The summed E-state index contributed by atoms with van der Waals surface area (Å²) in [5.41, 5.74) is 7.62. The second kappa shape index (κ2) is 13.5. The Kier molecular flexibility index (Phi) is 10.9. The van der Waals surface area contributed by atoms with Crippen molar-refractivity contribution in [2.45, 2.75) is 6.54 Å². The molecule has 0 unspecified atom stereocenters. The molecule has 0 heterocycles. The number of benzene rings is 2. The normalized spacial score (nSPS) is 9.97. The van der Waals surface area contributed by atoms with Crippen molar-refractivity contribution in [2.75, 3.05) is 24.5 Å². The minimum atomic E-state index is -1.26. The highest BCUT2D eigenvalue weighted by Gasteiger charge is 2.11. The van der Waals surface area contributed by atoms with Gasteiger partial charge in [-0.15, -0.1) is 0 Å². The lowest BCUT2D eigenvalue weighted by Crippen LogP contribution is -2.38. The summed E-state index contributed by atoms with van der Waals surface area (Å²) in [5, 5.41) is 18.4. The van der Waals surface area contributed by atoms with Gasteiger partial charge in [0.2, 0.25) is 5.91 Å². The van der Waals surface area contributed by atoms with E-state index in [1.807, 2.05) is 48.5 Å². The third-order valence-electron chi connectivity index (χ3n) is 3.51. The summed E-state index contributed by atoms with van der Waals surface area (Å²) in [6.45, 7) is 1.97. The van der Waals surface area contributed by atoms with E-state index in [-0.39, 0.29) is 5.91 Å². The fraction of sp³-hybridized carbons (Fsp3) is 0.190. The van der Waals surface area contributed by atoms with Crippen molar-refractivity contribution in [3.8, 4) is 0 Å². The van der Waals surface area contributed by atoms with Crippen LogP contribution < -0.4 is 16.0 Å². The molecule has 2 aromatic rings. The molecule has 154 valence electrons. The topological polar surface area (TPSA) is 133 Å². The molecular formula is C21H25N3O5. The smallest absolute Gasteiger partial charge is 0.328 e. The standard InChI is InChI=1S/C17H21N3O.C4H4O4/c18-11-12-19-17(21)14-20(16-9-5-2-6-10-16)13-15-7-3-1-4-8-15;5-3(6)1-2-4(7)8/h1-10H,11-14,18H2,(H,19,21);1-2H,(H,5,6)(H,7,8)/b;2-1-. The average molecular weight is 399 g/mol. The first kappa shape index (κ1) is 23.4. The van der Waals surface area contributed by atoms with Crippen molar-refractivity contribution in [3.05, 3.63) is 78.4 Å². The van der Waals surface area contributed by atoms with Crippen LogP contribution in [0.1, 0.15) is 5.56 Å². The third-order valence-corrected chi connectivity index (χ3v) is 3.51. The summed E-state index contributed by atoms with van der Waals surface area (Å²) in [6.07, 6.45) is 1.12. The number of nitrogens with one attached hydrogen (secondary N) is 1. The molecule has 29 heavy (non-hydrogen) atoms. The van der Waals surface area contributed by atoms with Crippen molar-refractivity contribution < 1.29 is 24.6 Å². The lowest BCUT2D eigenvalue weighted by Gasteiger charge is -2.24. The number of anilines is 1. The Hall–Kier alpha value is -3.65. The van der Waals surface area contributed by atoms with Crippen LogP contribution >= 0.6 is 0 Å². The van der Waals surface area contributed by atoms with E-state index in [0.29, 0.717) is 38.3 Å². The number of para-hydroxylation sites is 1. The van der Waals surface area contributed by atoms with Gasteiger partial charge >= 0.3 is 11.9 Å². The van der Waals surface area contributed by atoms with E-state index in [2.05, 4.69) is 22.3 Å². The maximum absolute atomic E-state index is 12.0. The quantitative estimate of drug-likeness (QED) is 0.469. The van der Waals surface area contributed by atoms with Gasteiger partial charge in [-0.05, 0) is 17.7 Å². The highest BCUT2D eigenvalue weighted by molar-refractivity contribution is 5.89. The molecule has 0 aromatic heterocycles. The first-order chi connectivity index (χ1) is 13.9. The number of nitrogens with zero attached hydrogens (tertiary/aromatic N) is 1. The van der Waals surface area contributed by atoms with Crippen LogP contribution in [0.25, 0.3) is 0 Å². The van der Waals surface area contributed by atoms with Crippen molar-refractivity contribution in [2.24, 2.45) is 5.73 Å². The van der Waals surface area contributed by atoms with Crippen molar-refractivity contribution in [1.29, 1.82) is 0 Å². The third kappa shape index (κ3) is 10.9. The Labute approximate surface area is 169 Å². The van der Waals surface area contributed by atoms with Gasteiger partial charge in [0.25, 0.3) is 0 Å². The van der Waals surface area contributed by atoms with Crippen molar-refractivity contribution >= 4 is 23.5 Å². The molecule has 2 rings (SSSR count). The van der Waals surface area contributed by atoms with Gasteiger partial charge in [0, 0.05) is 37.5 Å². The van der Waals surface area contributed by atoms with Crippen LogP contribution in [0.5, 0.6) is 0 Å². The highest BCUT2D eigenvalue weighted by Crippen LogP contribution is 2.16. The predicted octanol–water partition coefficient (Wildman–Crippen LogP) is 1.48. The number of amides is 1. The van der Waals surface area contributed by atoms with Crippen LogP contribution in [0, 0.1) is 0 Å². The number of aliphatic carboxylic acids is 2. The summed E-state index contributed by atoms with van der Waals surface area (Å²) < 4.78 is 0. The fourth-order valence-corrected chi connectivity index (χ4v) is 2.26. The lowest BCUT2D eigenvalue weighted by molar-refractivity contribution is -0.134. The van der Waals surface area contributed by atoms with Gasteiger partial charge in [-0.2, -0.15) is 0 Å². The van der Waals surface area contributed by atoms with Crippen molar-refractivity contribution in [3.63, 3.8) is 0 Å². The molecule has 0 aliphatic rings. The lowest BCUT2D eigenvalue weighted by atomic mass is 10.2. The Morgan fingerprint density at radius 3 is 1.90 bits per heavy atom. The number of carboxylic acid groups (broad SMARTS) is 2. The summed E-state index contributed by atoms with van der Waals surface area (Å²) >= 11 is 0. The molecule has 0 aliphatic carbocycles. The van der Waals surface area contributed by atoms with E-state index in [4.69, 9.17) is 15.9 Å². The number of nitrogens with two attached hydrogens (primary N) is 1. The predicted molar refractivity (Wildman–Crippen MR) is 110 cm³/mol. The summed E-state index contributed by atoms with van der Waals surface area (Å²) in [4.78, 5) is 33.1. The number of rotatable bonds is 9. The number of carboxylic acids is 2. The van der Waals surface area contributed by atoms with Gasteiger partial charge in [-0.25, -0.2) is 9.59 Å². The zero-order chi connectivity index (χ0) is 21.5. The first-order valence-corrected chi connectivity index (χ1v) is 8.87. The molecule has 8 nitrogen and oxygen atoms in total. The van der Waals surface area contributed by atoms with Crippen LogP contribution in [0.15, 0.2) is 72.8 Å². The van der Waals surface area contributed by atoms with Gasteiger partial charge in [-0.3, -0.25) is 4.79 Å². The van der Waals surface area contributed by atoms with Gasteiger partial charge in [0.1, 0.15) is 0 Å². The van der Waals surface area contributed by atoms with E-state index in [9.17, 15) is 14.4 Å². The minimum Gasteiger partial charge on any atom is -0.478 e. The summed E-state index contributed by atoms with van der Waals surface area (Å²) in [5.74, 6) is -2.53. The van der Waals surface area contributed by atoms with E-state index in [1.165, 1.54) is 5.56 Å². The minimum absolute atomic E-state index is 0.0137. The molecule has 0 fully saturated rings. The molecule has 0 radical (unpaired) electrons. The Morgan fingerprint density at radius 2 is 1.41 bits per heavy atom. The van der Waals surface area contributed by atoms with E-state index >= 15 is 0 Å². The Morgan fingerprint density at radius 1 is 0.897 bits per heavy atom. The maximum Gasteiger partial charge on any atom is 0.328 e. The van der Waals surface area contributed by atoms with Crippen LogP contribution in [-0.4, -0.2) is 47.7 Å². The molecule has 0 atom stereocenters. The average Bonchev–Trinajstić information content (AvgIpc) is 2.72. The molecule has 5 N–H and O–H groups in total. The van der Waals surface area contributed by atoms with Gasteiger partial charge in [-0.1, -0.05) is 48.5 Å². The largest absolute Gasteiger partial charge is 0.478 e. The molecule has 0 saturated heterocycles. The van der Waals surface area contributed by atoms with Gasteiger partial charge in [0.05, 0.1) is 6.54 Å². The molecule has 0 saturated carbocycles. The van der Waals surface area contributed by atoms with E-state index in [0.717, 1.165) is 5.69 Å². The van der Waals surface area contributed by atoms with Crippen molar-refractivity contribution in [1.82, 2.24) is 5.32 Å². The second-order valence-electron chi connectivity index (χ2n) is 5.83. The molecular weight excluding hydrogens is 374 g/mol. The number of carbonyl (C=O) groups excluding carboxylic acids is 1. The highest BCUT2D eigenvalue weighted by atomic mass is 16.4. The number of hydrogen-bond acceptors (Lipinski definition) is 5. The van der Waals surface area contributed by atoms with Crippen LogP contribution in [0.2, 0.25) is 0 Å². The van der Waals surface area contributed by atoms with Crippen LogP contribution in [-0.2, 0) is 20.9 Å². The van der Waals surface area contributed by atoms with E-state index in [1.54, 1.807) is 0 Å². The Bertz CT molecular complexity index is 778. The number of carbonyl (C=O) groups is 3. The molecule has 2 aromatic carbocycles. The van der Waals surface area contributed by atoms with Crippen LogP contribution in [0.4, 0.5) is 5.69 Å². The van der Waals surface area contributed by atoms with Gasteiger partial charge in [0.15, 0.2) is 0 Å². The van der Waals surface area contributed by atoms with Gasteiger partial charge < -0.3 is 26.2 Å². The molecule has 1 amide bonds. The molecule has 0 aliphatic heterocycles. The monoisotopic (exact) mass is 399 g/mol. The molecule has 0 spiro atoms. The first-order valence-electron chi connectivity index (χ1n) is 8.87. The molecule has 0 bridgehead atoms. The number of hydrogen-bond donors (Lipinski definition) is 4. The van der Waals surface area contributed by atoms with E-state index < -0.39 is 11.9 Å². The fourth-order valence-electron chi connectivity index (χ4n) is 2.26. The summed E-state index contributed by atoms with van der Waals surface area (Å²) in [7, 11) is 0. The zero-order valence-electron chi connectivity index (χ0n) is 15.9. The molecule has 8 heteroatoms. The zero-order valence-corrected chi connectivity index (χ0v) is 15.9. The second-order valence-corrected chi connectivity index (χ2v) is 5.83. The summed E-state index contributed by atoms with van der Waals surface area (Å²) in [6, 6.07) is 20.1. The van der Waals surface area contributed by atoms with Crippen LogP contribution in [0.3, 0.4) is 0 Å². The maximum atomic E-state index is 12.0. The Balaban J connectivity index is 0.000000447. The SMILES string of the molecule is NCCNC(=O)CN(Cc1ccccc1)c1ccccc1.O=C(O)/C=C\C(=O)O.